The molecule has 1 unspecified atom stereocenters. The highest BCUT2D eigenvalue weighted by molar-refractivity contribution is 5.31. The minimum atomic E-state index is 0.384. The molecule has 1 aliphatic rings. The molecule has 2 rings (SSSR count). The number of rotatable bonds is 5. The number of nitrogens with one attached hydrogen (secondary N) is 1. The molecule has 3 N–H and O–H groups in total. The van der Waals surface area contributed by atoms with Crippen molar-refractivity contribution in [3.63, 3.8) is 0 Å². The van der Waals surface area contributed by atoms with Crippen LogP contribution >= 0.6 is 0 Å². The second kappa shape index (κ2) is 4.08. The third-order valence-electron chi connectivity index (χ3n) is 2.88. The summed E-state index contributed by atoms with van der Waals surface area (Å²) < 4.78 is 1.84. The molecule has 1 heterocycles. The maximum absolute atomic E-state index is 5.83. The highest BCUT2D eigenvalue weighted by Crippen LogP contribution is 2.39. The number of hydrogen-bond acceptors (Lipinski definition) is 4. The van der Waals surface area contributed by atoms with Gasteiger partial charge in [0, 0.05) is 6.54 Å². The Morgan fingerprint density at radius 3 is 2.93 bits per heavy atom. The number of nitrogen functional groups attached to an aromatic ring is 1. The van der Waals surface area contributed by atoms with Gasteiger partial charge < -0.3 is 11.1 Å². The fourth-order valence-electron chi connectivity index (χ4n) is 1.73. The highest BCUT2D eigenvalue weighted by atomic mass is 15.4. The summed E-state index contributed by atoms with van der Waals surface area (Å²) in [7, 11) is 0. The lowest BCUT2D eigenvalue weighted by molar-refractivity contribution is 0.446. The molecule has 15 heavy (non-hydrogen) atoms. The maximum atomic E-state index is 5.83. The van der Waals surface area contributed by atoms with Gasteiger partial charge >= 0.3 is 0 Å². The lowest BCUT2D eigenvalue weighted by atomic mass is 10.2. The largest absolute Gasteiger partial charge is 0.368 e. The Balaban J connectivity index is 2.06. The third kappa shape index (κ3) is 2.22. The molecule has 0 spiro atoms. The number of aromatic nitrogens is 3. The lowest BCUT2D eigenvalue weighted by Crippen LogP contribution is -2.12. The summed E-state index contributed by atoms with van der Waals surface area (Å²) in [4.78, 5) is 4.20. The van der Waals surface area contributed by atoms with Crippen molar-refractivity contribution in [2.75, 3.05) is 17.6 Å². The van der Waals surface area contributed by atoms with E-state index in [1.54, 1.807) is 0 Å². The molecule has 5 heteroatoms. The van der Waals surface area contributed by atoms with Crippen LogP contribution < -0.4 is 11.1 Å². The minimum absolute atomic E-state index is 0.384. The van der Waals surface area contributed by atoms with Gasteiger partial charge in [-0.3, -0.25) is 0 Å². The Labute approximate surface area is 90.1 Å². The van der Waals surface area contributed by atoms with Crippen LogP contribution in [0.4, 0.5) is 11.9 Å². The molecule has 1 aromatic heterocycles. The van der Waals surface area contributed by atoms with Crippen LogP contribution in [0.15, 0.2) is 0 Å². The van der Waals surface area contributed by atoms with Gasteiger partial charge in [0.2, 0.25) is 11.9 Å². The first kappa shape index (κ1) is 10.3. The lowest BCUT2D eigenvalue weighted by Gasteiger charge is -2.10. The quantitative estimate of drug-likeness (QED) is 0.773. The maximum Gasteiger partial charge on any atom is 0.243 e. The molecule has 0 saturated heterocycles. The second-order valence-electron chi connectivity index (χ2n) is 4.24. The normalized spacial score (nSPS) is 17.7. The third-order valence-corrected chi connectivity index (χ3v) is 2.88. The molecule has 5 nitrogen and oxygen atoms in total. The van der Waals surface area contributed by atoms with Crippen LogP contribution in [0.25, 0.3) is 0 Å². The van der Waals surface area contributed by atoms with E-state index in [4.69, 9.17) is 5.73 Å². The molecular formula is C10H19N5. The Morgan fingerprint density at radius 1 is 1.60 bits per heavy atom. The first-order valence-corrected chi connectivity index (χ1v) is 5.68. The van der Waals surface area contributed by atoms with Crippen LogP contribution in [-0.4, -0.2) is 21.3 Å². The fourth-order valence-corrected chi connectivity index (χ4v) is 1.73. The monoisotopic (exact) mass is 209 g/mol. The van der Waals surface area contributed by atoms with Gasteiger partial charge in [-0.15, -0.1) is 5.10 Å². The van der Waals surface area contributed by atoms with E-state index in [0.29, 0.717) is 17.9 Å². The minimum Gasteiger partial charge on any atom is -0.368 e. The molecule has 1 fully saturated rings. The SMILES string of the molecule is CCCNc1nc(N)n(C(C)C2CC2)n1. The fraction of sp³-hybridized carbons (Fsp3) is 0.800. The van der Waals surface area contributed by atoms with Crippen molar-refractivity contribution in [3.8, 4) is 0 Å². The van der Waals surface area contributed by atoms with Crippen molar-refractivity contribution in [3.05, 3.63) is 0 Å². The van der Waals surface area contributed by atoms with E-state index in [2.05, 4.69) is 29.2 Å². The van der Waals surface area contributed by atoms with E-state index in [1.165, 1.54) is 12.8 Å². The van der Waals surface area contributed by atoms with Gasteiger partial charge in [-0.25, -0.2) is 4.68 Å². The average Bonchev–Trinajstić information content (AvgIpc) is 2.99. The topological polar surface area (TPSA) is 68.8 Å². The molecule has 1 aromatic rings. The first-order valence-electron chi connectivity index (χ1n) is 5.68. The summed E-state index contributed by atoms with van der Waals surface area (Å²) in [6, 6.07) is 0.384. The van der Waals surface area contributed by atoms with E-state index >= 15 is 0 Å². The van der Waals surface area contributed by atoms with Crippen molar-refractivity contribution in [1.29, 1.82) is 0 Å². The Hall–Kier alpha value is -1.26. The van der Waals surface area contributed by atoms with Crippen LogP contribution in [-0.2, 0) is 0 Å². The highest BCUT2D eigenvalue weighted by Gasteiger charge is 2.31. The van der Waals surface area contributed by atoms with Crippen LogP contribution in [0.2, 0.25) is 0 Å². The van der Waals surface area contributed by atoms with Crippen molar-refractivity contribution in [2.24, 2.45) is 5.92 Å². The molecule has 0 radical (unpaired) electrons. The van der Waals surface area contributed by atoms with E-state index in [-0.39, 0.29) is 0 Å². The predicted octanol–water partition coefficient (Wildman–Crippen LogP) is 1.65. The predicted molar refractivity (Wildman–Crippen MR) is 60.7 cm³/mol. The smallest absolute Gasteiger partial charge is 0.243 e. The Bertz CT molecular complexity index is 329. The molecule has 1 aliphatic carbocycles. The summed E-state index contributed by atoms with van der Waals surface area (Å²) in [6.07, 6.45) is 3.64. The van der Waals surface area contributed by atoms with Gasteiger partial charge in [0.15, 0.2) is 0 Å². The van der Waals surface area contributed by atoms with Gasteiger partial charge in [0.1, 0.15) is 0 Å². The van der Waals surface area contributed by atoms with Gasteiger partial charge in [0.25, 0.3) is 0 Å². The van der Waals surface area contributed by atoms with Gasteiger partial charge in [-0.2, -0.15) is 4.98 Å². The van der Waals surface area contributed by atoms with E-state index in [9.17, 15) is 0 Å². The van der Waals surface area contributed by atoms with Crippen LogP contribution in [0, 0.1) is 5.92 Å². The number of anilines is 2. The molecule has 84 valence electrons. The molecule has 0 bridgehead atoms. The van der Waals surface area contributed by atoms with Crippen molar-refractivity contribution >= 4 is 11.9 Å². The van der Waals surface area contributed by atoms with Crippen LogP contribution in [0.3, 0.4) is 0 Å². The molecule has 1 saturated carbocycles. The van der Waals surface area contributed by atoms with Crippen LogP contribution in [0.5, 0.6) is 0 Å². The summed E-state index contributed by atoms with van der Waals surface area (Å²) >= 11 is 0. The van der Waals surface area contributed by atoms with Crippen molar-refractivity contribution in [2.45, 2.75) is 39.2 Å². The Morgan fingerprint density at radius 2 is 2.33 bits per heavy atom. The number of nitrogens with zero attached hydrogens (tertiary/aromatic N) is 3. The molecular weight excluding hydrogens is 190 g/mol. The van der Waals surface area contributed by atoms with Gasteiger partial charge in [-0.05, 0) is 32.1 Å². The van der Waals surface area contributed by atoms with Crippen molar-refractivity contribution < 1.29 is 0 Å². The average molecular weight is 209 g/mol. The van der Waals surface area contributed by atoms with E-state index in [0.717, 1.165) is 18.9 Å². The van der Waals surface area contributed by atoms with E-state index < -0.39 is 0 Å². The zero-order valence-corrected chi connectivity index (χ0v) is 9.40. The first-order chi connectivity index (χ1) is 7.22. The number of nitrogens with two attached hydrogens (primary N) is 1. The Kier molecular flexibility index (Phi) is 2.79. The molecule has 0 aliphatic heterocycles. The van der Waals surface area contributed by atoms with Gasteiger partial charge in [0.05, 0.1) is 6.04 Å². The number of hydrogen-bond donors (Lipinski definition) is 2. The standard InChI is InChI=1S/C10H19N5/c1-3-6-12-10-13-9(11)15(14-10)7(2)8-4-5-8/h7-8H,3-6H2,1-2H3,(H3,11,12,13,14). The zero-order chi connectivity index (χ0) is 10.8. The van der Waals surface area contributed by atoms with Crippen molar-refractivity contribution in [1.82, 2.24) is 14.8 Å². The zero-order valence-electron chi connectivity index (χ0n) is 9.40. The summed E-state index contributed by atoms with van der Waals surface area (Å²) in [6.45, 7) is 5.16. The van der Waals surface area contributed by atoms with E-state index in [1.807, 2.05) is 4.68 Å². The summed E-state index contributed by atoms with van der Waals surface area (Å²) in [5.41, 5.74) is 5.83. The second-order valence-corrected chi connectivity index (χ2v) is 4.24. The molecule has 0 aromatic carbocycles. The summed E-state index contributed by atoms with van der Waals surface area (Å²) in [5, 5.41) is 7.52. The van der Waals surface area contributed by atoms with Gasteiger partial charge in [-0.1, -0.05) is 6.92 Å². The molecule has 0 amide bonds. The van der Waals surface area contributed by atoms with Crippen LogP contribution in [0.1, 0.15) is 39.2 Å². The molecule has 1 atom stereocenters. The summed E-state index contributed by atoms with van der Waals surface area (Å²) in [5.74, 6) is 1.92.